The van der Waals surface area contributed by atoms with Gasteiger partial charge in [0.15, 0.2) is 11.6 Å². The first-order valence-electron chi connectivity index (χ1n) is 5.51. The molecule has 0 heterocycles. The molecule has 0 aliphatic heterocycles. The van der Waals surface area contributed by atoms with Crippen LogP contribution in [0.15, 0.2) is 36.4 Å². The quantitative estimate of drug-likeness (QED) is 0.627. The van der Waals surface area contributed by atoms with Gasteiger partial charge < -0.3 is 0 Å². The largest absolute Gasteiger partial charge is 0.204 e. The lowest BCUT2D eigenvalue weighted by Crippen LogP contribution is -2.01. The van der Waals surface area contributed by atoms with Crippen molar-refractivity contribution in [3.8, 4) is 0 Å². The Morgan fingerprint density at radius 1 is 1.00 bits per heavy atom. The Kier molecular flexibility index (Phi) is 4.67. The van der Waals surface area contributed by atoms with Crippen molar-refractivity contribution in [2.24, 2.45) is 0 Å². The van der Waals surface area contributed by atoms with Crippen LogP contribution in [0.3, 0.4) is 0 Å². The lowest BCUT2D eigenvalue weighted by atomic mass is 10.0. The van der Waals surface area contributed by atoms with Gasteiger partial charge in [0.1, 0.15) is 0 Å². The Morgan fingerprint density at radius 3 is 2.42 bits per heavy atom. The first-order chi connectivity index (χ1) is 8.99. The second kappa shape index (κ2) is 6.08. The molecule has 1 unspecified atom stereocenters. The SMILES string of the molecule is Fc1cccc(C(Cl)Cc2ccc(Cl)c(Cl)c2)c1F. The van der Waals surface area contributed by atoms with Gasteiger partial charge in [-0.3, -0.25) is 0 Å². The van der Waals surface area contributed by atoms with E-state index in [1.165, 1.54) is 12.1 Å². The molecule has 0 saturated carbocycles. The highest BCUT2D eigenvalue weighted by Crippen LogP contribution is 2.30. The molecular weight excluding hydrogens is 313 g/mol. The van der Waals surface area contributed by atoms with E-state index in [9.17, 15) is 8.78 Å². The van der Waals surface area contributed by atoms with Crippen molar-refractivity contribution >= 4 is 34.8 Å². The minimum atomic E-state index is -0.914. The zero-order valence-corrected chi connectivity index (χ0v) is 11.9. The molecule has 0 aliphatic rings. The monoisotopic (exact) mass is 320 g/mol. The van der Waals surface area contributed by atoms with Gasteiger partial charge in [-0.1, -0.05) is 41.4 Å². The summed E-state index contributed by atoms with van der Waals surface area (Å²) in [5.41, 5.74) is 0.936. The second-order valence-corrected chi connectivity index (χ2v) is 5.40. The zero-order valence-electron chi connectivity index (χ0n) is 9.64. The van der Waals surface area contributed by atoms with Gasteiger partial charge in [0.05, 0.1) is 15.4 Å². The lowest BCUT2D eigenvalue weighted by Gasteiger charge is -2.12. The van der Waals surface area contributed by atoms with E-state index in [0.29, 0.717) is 16.5 Å². The van der Waals surface area contributed by atoms with Crippen LogP contribution >= 0.6 is 34.8 Å². The third kappa shape index (κ3) is 3.38. The summed E-state index contributed by atoms with van der Waals surface area (Å²) in [6, 6.07) is 9.01. The average Bonchev–Trinajstić information content (AvgIpc) is 2.37. The maximum absolute atomic E-state index is 13.6. The summed E-state index contributed by atoms with van der Waals surface area (Å²) in [4.78, 5) is 0. The fraction of sp³-hybridized carbons (Fsp3) is 0.143. The van der Waals surface area contributed by atoms with E-state index in [-0.39, 0.29) is 5.56 Å². The van der Waals surface area contributed by atoms with E-state index in [0.717, 1.165) is 11.6 Å². The van der Waals surface area contributed by atoms with Gasteiger partial charge in [-0.25, -0.2) is 8.78 Å². The summed E-state index contributed by atoms with van der Waals surface area (Å²) in [5.74, 6) is -1.82. The highest BCUT2D eigenvalue weighted by Gasteiger charge is 2.16. The standard InChI is InChI=1S/C14H9Cl3F2/c15-10-5-4-8(7-12(10)17)6-11(16)9-2-1-3-13(18)14(9)19/h1-5,7,11H,6H2. The summed E-state index contributed by atoms with van der Waals surface area (Å²) in [7, 11) is 0. The van der Waals surface area contributed by atoms with Crippen LogP contribution in [-0.2, 0) is 6.42 Å². The predicted molar refractivity (Wildman–Crippen MR) is 75.1 cm³/mol. The second-order valence-electron chi connectivity index (χ2n) is 4.06. The summed E-state index contributed by atoms with van der Waals surface area (Å²) in [5, 5.41) is 0.171. The van der Waals surface area contributed by atoms with Crippen molar-refractivity contribution in [1.29, 1.82) is 0 Å². The fourth-order valence-corrected chi connectivity index (χ4v) is 2.41. The Balaban J connectivity index is 2.23. The van der Waals surface area contributed by atoms with Crippen LogP contribution in [0.25, 0.3) is 0 Å². The molecule has 19 heavy (non-hydrogen) atoms. The van der Waals surface area contributed by atoms with E-state index in [4.69, 9.17) is 34.8 Å². The molecule has 5 heteroatoms. The molecule has 0 nitrogen and oxygen atoms in total. The molecule has 2 aromatic carbocycles. The highest BCUT2D eigenvalue weighted by atomic mass is 35.5. The average molecular weight is 322 g/mol. The summed E-state index contributed by atoms with van der Waals surface area (Å²) in [6.07, 6.45) is 0.332. The van der Waals surface area contributed by atoms with Gasteiger partial charge in [-0.15, -0.1) is 11.6 Å². The van der Waals surface area contributed by atoms with Gasteiger partial charge >= 0.3 is 0 Å². The van der Waals surface area contributed by atoms with Crippen molar-refractivity contribution in [3.63, 3.8) is 0 Å². The first-order valence-corrected chi connectivity index (χ1v) is 6.70. The number of rotatable bonds is 3. The topological polar surface area (TPSA) is 0 Å². The van der Waals surface area contributed by atoms with Crippen LogP contribution in [0.1, 0.15) is 16.5 Å². The van der Waals surface area contributed by atoms with Gasteiger partial charge in [0.2, 0.25) is 0 Å². The maximum atomic E-state index is 13.6. The van der Waals surface area contributed by atoms with Crippen molar-refractivity contribution in [2.45, 2.75) is 11.8 Å². The van der Waals surface area contributed by atoms with Crippen LogP contribution < -0.4 is 0 Å². The molecule has 0 bridgehead atoms. The minimum absolute atomic E-state index is 0.132. The third-order valence-electron chi connectivity index (χ3n) is 2.72. The first kappa shape index (κ1) is 14.6. The molecule has 0 spiro atoms. The number of hydrogen-bond acceptors (Lipinski definition) is 0. The van der Waals surface area contributed by atoms with Crippen molar-refractivity contribution in [2.75, 3.05) is 0 Å². The van der Waals surface area contributed by atoms with Gasteiger partial charge in [0.25, 0.3) is 0 Å². The molecule has 0 fully saturated rings. The van der Waals surface area contributed by atoms with E-state index in [1.54, 1.807) is 18.2 Å². The molecule has 0 amide bonds. The Morgan fingerprint density at radius 2 is 1.74 bits per heavy atom. The molecule has 0 aromatic heterocycles. The van der Waals surface area contributed by atoms with Crippen LogP contribution in [0.2, 0.25) is 10.0 Å². The minimum Gasteiger partial charge on any atom is -0.204 e. The molecule has 0 aliphatic carbocycles. The number of hydrogen-bond donors (Lipinski definition) is 0. The van der Waals surface area contributed by atoms with Crippen LogP contribution in [0.5, 0.6) is 0 Å². The fourth-order valence-electron chi connectivity index (χ4n) is 1.75. The van der Waals surface area contributed by atoms with Gasteiger partial charge in [-0.05, 0) is 30.2 Å². The highest BCUT2D eigenvalue weighted by molar-refractivity contribution is 6.42. The summed E-state index contributed by atoms with van der Waals surface area (Å²) in [6.45, 7) is 0. The number of benzene rings is 2. The zero-order chi connectivity index (χ0) is 14.0. The van der Waals surface area contributed by atoms with Crippen LogP contribution in [0, 0.1) is 11.6 Å². The molecule has 2 rings (SSSR count). The van der Waals surface area contributed by atoms with Crippen molar-refractivity contribution in [1.82, 2.24) is 0 Å². The normalized spacial score (nSPS) is 12.5. The molecule has 1 atom stereocenters. The van der Waals surface area contributed by atoms with Crippen LogP contribution in [0.4, 0.5) is 8.78 Å². The Hall–Kier alpha value is -0.830. The van der Waals surface area contributed by atoms with E-state index in [1.807, 2.05) is 0 Å². The molecule has 0 saturated heterocycles. The third-order valence-corrected chi connectivity index (χ3v) is 3.85. The number of halogens is 5. The van der Waals surface area contributed by atoms with Gasteiger partial charge in [0, 0.05) is 5.56 Å². The van der Waals surface area contributed by atoms with Crippen LogP contribution in [-0.4, -0.2) is 0 Å². The Labute approximate surface area is 124 Å². The molecule has 0 radical (unpaired) electrons. The summed E-state index contributed by atoms with van der Waals surface area (Å²) >= 11 is 17.8. The van der Waals surface area contributed by atoms with Crippen molar-refractivity contribution < 1.29 is 8.78 Å². The predicted octanol–water partition coefficient (Wildman–Crippen LogP) is 5.79. The molecule has 2 aromatic rings. The van der Waals surface area contributed by atoms with E-state index >= 15 is 0 Å². The van der Waals surface area contributed by atoms with E-state index < -0.39 is 17.0 Å². The smallest absolute Gasteiger partial charge is 0.163 e. The van der Waals surface area contributed by atoms with E-state index in [2.05, 4.69) is 0 Å². The number of alkyl halides is 1. The summed E-state index contributed by atoms with van der Waals surface area (Å²) < 4.78 is 26.7. The van der Waals surface area contributed by atoms with Crippen molar-refractivity contribution in [3.05, 3.63) is 69.2 Å². The maximum Gasteiger partial charge on any atom is 0.163 e. The molecular formula is C14H9Cl3F2. The lowest BCUT2D eigenvalue weighted by molar-refractivity contribution is 0.497. The van der Waals surface area contributed by atoms with Gasteiger partial charge in [-0.2, -0.15) is 0 Å². The Bertz CT molecular complexity index is 599. The molecule has 0 N–H and O–H groups in total. The molecule has 100 valence electrons.